The van der Waals surface area contributed by atoms with Gasteiger partial charge in [-0.15, -0.1) is 0 Å². The van der Waals surface area contributed by atoms with Crippen LogP contribution < -0.4 is 5.73 Å². The minimum absolute atomic E-state index is 0.0942. The van der Waals surface area contributed by atoms with Crippen molar-refractivity contribution in [3.8, 4) is 0 Å². The van der Waals surface area contributed by atoms with Gasteiger partial charge in [0.15, 0.2) is 0 Å². The zero-order valence-electron chi connectivity index (χ0n) is 10.6. The van der Waals surface area contributed by atoms with Crippen molar-refractivity contribution >= 4 is 23.2 Å². The Morgan fingerprint density at radius 2 is 2.22 bits per heavy atom. The van der Waals surface area contributed by atoms with E-state index in [-0.39, 0.29) is 11.4 Å². The van der Waals surface area contributed by atoms with Crippen LogP contribution in [0.4, 0.5) is 5.69 Å². The normalized spacial score (nSPS) is 18.7. The van der Waals surface area contributed by atoms with Gasteiger partial charge in [0, 0.05) is 17.3 Å². The molecule has 18 heavy (non-hydrogen) atoms. The van der Waals surface area contributed by atoms with Crippen molar-refractivity contribution in [1.82, 2.24) is 4.90 Å². The Kier molecular flexibility index (Phi) is 3.50. The molecule has 98 valence electrons. The Balaban J connectivity index is 2.33. The maximum absolute atomic E-state index is 12.5. The Labute approximate surface area is 112 Å². The first-order valence-corrected chi connectivity index (χ1v) is 6.24. The average Bonchev–Trinajstić information content (AvgIpc) is 2.31. The fraction of sp³-hybridized carbons (Fsp3) is 0.462. The summed E-state index contributed by atoms with van der Waals surface area (Å²) in [5, 5.41) is 0.513. The number of halogens is 1. The van der Waals surface area contributed by atoms with Gasteiger partial charge in [-0.2, -0.15) is 0 Å². The van der Waals surface area contributed by atoms with Gasteiger partial charge in [0.25, 0.3) is 5.91 Å². The first-order chi connectivity index (χ1) is 8.42. The molecule has 1 amide bonds. The van der Waals surface area contributed by atoms with E-state index in [1.54, 1.807) is 23.1 Å². The van der Waals surface area contributed by atoms with E-state index in [0.29, 0.717) is 36.0 Å². The minimum atomic E-state index is -0.329. The van der Waals surface area contributed by atoms with Gasteiger partial charge < -0.3 is 15.4 Å². The van der Waals surface area contributed by atoms with Gasteiger partial charge in [-0.1, -0.05) is 11.6 Å². The van der Waals surface area contributed by atoms with Crippen LogP contribution in [0.5, 0.6) is 0 Å². The molecule has 0 radical (unpaired) electrons. The smallest absolute Gasteiger partial charge is 0.256 e. The topological polar surface area (TPSA) is 55.6 Å². The average molecular weight is 269 g/mol. The molecule has 1 aliphatic heterocycles. The molecule has 1 saturated heterocycles. The van der Waals surface area contributed by atoms with E-state index in [9.17, 15) is 4.79 Å². The van der Waals surface area contributed by atoms with E-state index in [0.717, 1.165) is 0 Å². The summed E-state index contributed by atoms with van der Waals surface area (Å²) in [6, 6.07) is 4.95. The van der Waals surface area contributed by atoms with Crippen molar-refractivity contribution in [3.63, 3.8) is 0 Å². The Morgan fingerprint density at radius 1 is 1.50 bits per heavy atom. The molecule has 1 aromatic rings. The highest BCUT2D eigenvalue weighted by Crippen LogP contribution is 2.25. The van der Waals surface area contributed by atoms with Crippen LogP contribution in [0.15, 0.2) is 18.2 Å². The number of morpholine rings is 1. The van der Waals surface area contributed by atoms with Crippen molar-refractivity contribution in [3.05, 3.63) is 28.8 Å². The lowest BCUT2D eigenvalue weighted by Gasteiger charge is -2.42. The second kappa shape index (κ2) is 4.78. The first-order valence-electron chi connectivity index (χ1n) is 5.86. The molecule has 2 rings (SSSR count). The molecule has 0 bridgehead atoms. The first kappa shape index (κ1) is 13.2. The molecular weight excluding hydrogens is 252 g/mol. The fourth-order valence-corrected chi connectivity index (χ4v) is 2.27. The van der Waals surface area contributed by atoms with Crippen LogP contribution >= 0.6 is 11.6 Å². The van der Waals surface area contributed by atoms with Crippen molar-refractivity contribution in [2.24, 2.45) is 0 Å². The molecule has 0 aliphatic carbocycles. The van der Waals surface area contributed by atoms with Gasteiger partial charge in [-0.25, -0.2) is 0 Å². The summed E-state index contributed by atoms with van der Waals surface area (Å²) in [5.41, 5.74) is 6.43. The van der Waals surface area contributed by atoms with E-state index in [1.165, 1.54) is 0 Å². The van der Waals surface area contributed by atoms with Crippen molar-refractivity contribution in [2.45, 2.75) is 19.4 Å². The summed E-state index contributed by atoms with van der Waals surface area (Å²) in [4.78, 5) is 14.3. The summed E-state index contributed by atoms with van der Waals surface area (Å²) >= 11 is 5.92. The molecule has 1 aliphatic rings. The van der Waals surface area contributed by atoms with E-state index >= 15 is 0 Å². The Hall–Kier alpha value is -1.26. The van der Waals surface area contributed by atoms with Crippen LogP contribution in [0.1, 0.15) is 24.2 Å². The van der Waals surface area contributed by atoms with Crippen LogP contribution in [0, 0.1) is 0 Å². The van der Waals surface area contributed by atoms with Crippen molar-refractivity contribution < 1.29 is 9.53 Å². The number of carbonyl (C=O) groups excluding carboxylic acids is 1. The number of nitrogens with two attached hydrogens (primary N) is 1. The third kappa shape index (κ3) is 2.44. The zero-order chi connectivity index (χ0) is 13.3. The lowest BCUT2D eigenvalue weighted by molar-refractivity contribution is -0.0370. The van der Waals surface area contributed by atoms with Crippen LogP contribution in [0.3, 0.4) is 0 Å². The zero-order valence-corrected chi connectivity index (χ0v) is 11.3. The highest BCUT2D eigenvalue weighted by atomic mass is 35.5. The molecule has 0 atom stereocenters. The van der Waals surface area contributed by atoms with Crippen LogP contribution in [0.25, 0.3) is 0 Å². The van der Waals surface area contributed by atoms with Gasteiger partial charge in [0.2, 0.25) is 0 Å². The molecule has 0 unspecified atom stereocenters. The molecule has 0 aromatic heterocycles. The number of rotatable bonds is 1. The van der Waals surface area contributed by atoms with Gasteiger partial charge in [-0.05, 0) is 32.0 Å². The van der Waals surface area contributed by atoms with Crippen molar-refractivity contribution in [2.75, 3.05) is 25.5 Å². The monoisotopic (exact) mass is 268 g/mol. The minimum Gasteiger partial charge on any atom is -0.398 e. The van der Waals surface area contributed by atoms with Gasteiger partial charge in [0.05, 0.1) is 24.3 Å². The quantitative estimate of drug-likeness (QED) is 0.794. The number of anilines is 1. The van der Waals surface area contributed by atoms with Gasteiger partial charge >= 0.3 is 0 Å². The highest BCUT2D eigenvalue weighted by Gasteiger charge is 2.35. The van der Waals surface area contributed by atoms with Crippen LogP contribution in [0.2, 0.25) is 5.02 Å². The fourth-order valence-electron chi connectivity index (χ4n) is 2.09. The van der Waals surface area contributed by atoms with E-state index in [2.05, 4.69) is 0 Å². The second-order valence-electron chi connectivity index (χ2n) is 5.05. The molecule has 1 aromatic carbocycles. The summed E-state index contributed by atoms with van der Waals surface area (Å²) in [6.07, 6.45) is 0. The number of carbonyl (C=O) groups is 1. The van der Waals surface area contributed by atoms with E-state index in [1.807, 2.05) is 13.8 Å². The molecule has 1 fully saturated rings. The molecule has 4 nitrogen and oxygen atoms in total. The number of hydrogen-bond acceptors (Lipinski definition) is 3. The molecule has 5 heteroatoms. The summed E-state index contributed by atoms with van der Waals surface area (Å²) < 4.78 is 5.40. The third-order valence-corrected chi connectivity index (χ3v) is 3.37. The standard InChI is InChI=1S/C13H17ClN2O2/c1-13(2)8-18-6-5-16(13)12(17)10-7-9(14)3-4-11(10)15/h3-4,7H,5-6,8,15H2,1-2H3. The number of amides is 1. The molecule has 1 heterocycles. The SMILES string of the molecule is CC1(C)COCCN1C(=O)c1cc(Cl)ccc1N. The number of ether oxygens (including phenoxy) is 1. The number of nitrogen functional groups attached to an aromatic ring is 1. The van der Waals surface area contributed by atoms with Crippen molar-refractivity contribution in [1.29, 1.82) is 0 Å². The summed E-state index contributed by atoms with van der Waals surface area (Å²) in [6.45, 7) is 5.60. The van der Waals surface area contributed by atoms with E-state index in [4.69, 9.17) is 22.1 Å². The van der Waals surface area contributed by atoms with Crippen LogP contribution in [-0.2, 0) is 4.74 Å². The Morgan fingerprint density at radius 3 is 2.89 bits per heavy atom. The number of hydrogen-bond donors (Lipinski definition) is 1. The molecule has 2 N–H and O–H groups in total. The maximum Gasteiger partial charge on any atom is 0.256 e. The number of nitrogens with zero attached hydrogens (tertiary/aromatic N) is 1. The lowest BCUT2D eigenvalue weighted by atomic mass is 10.0. The highest BCUT2D eigenvalue weighted by molar-refractivity contribution is 6.31. The number of benzene rings is 1. The molecular formula is C13H17ClN2O2. The Bertz CT molecular complexity index is 474. The largest absolute Gasteiger partial charge is 0.398 e. The van der Waals surface area contributed by atoms with Gasteiger partial charge in [-0.3, -0.25) is 4.79 Å². The third-order valence-electron chi connectivity index (χ3n) is 3.14. The molecule has 0 saturated carbocycles. The second-order valence-corrected chi connectivity index (χ2v) is 5.49. The predicted octanol–water partition coefficient (Wildman–Crippen LogP) is 2.17. The molecule has 0 spiro atoms. The van der Waals surface area contributed by atoms with Crippen LogP contribution in [-0.4, -0.2) is 36.1 Å². The lowest BCUT2D eigenvalue weighted by Crippen LogP contribution is -2.55. The maximum atomic E-state index is 12.5. The summed E-state index contributed by atoms with van der Waals surface area (Å²) in [7, 11) is 0. The predicted molar refractivity (Wildman–Crippen MR) is 71.8 cm³/mol. The van der Waals surface area contributed by atoms with E-state index < -0.39 is 0 Å². The summed E-state index contributed by atoms with van der Waals surface area (Å²) in [5.74, 6) is -0.0942. The van der Waals surface area contributed by atoms with Gasteiger partial charge in [0.1, 0.15) is 0 Å².